The van der Waals surface area contributed by atoms with Gasteiger partial charge in [0.2, 0.25) is 5.91 Å². The molecule has 0 aliphatic carbocycles. The second-order valence-electron chi connectivity index (χ2n) is 5.61. The van der Waals surface area contributed by atoms with Crippen molar-refractivity contribution in [1.82, 2.24) is 20.3 Å². The lowest BCUT2D eigenvalue weighted by molar-refractivity contribution is -0.122. The lowest BCUT2D eigenvalue weighted by Gasteiger charge is -2.20. The van der Waals surface area contributed by atoms with Crippen LogP contribution in [0, 0.1) is 11.6 Å². The van der Waals surface area contributed by atoms with Gasteiger partial charge in [0.1, 0.15) is 18.2 Å². The van der Waals surface area contributed by atoms with E-state index in [2.05, 4.69) is 15.6 Å². The molecule has 3 aromatic rings. The molecular weight excluding hydrogens is 326 g/mol. The molecule has 0 radical (unpaired) electrons. The van der Waals surface area contributed by atoms with Crippen LogP contribution in [-0.4, -0.2) is 20.9 Å². The van der Waals surface area contributed by atoms with Gasteiger partial charge in [0, 0.05) is 6.20 Å². The minimum absolute atomic E-state index is 0.00499. The molecule has 0 bridgehead atoms. The van der Waals surface area contributed by atoms with E-state index in [1.54, 1.807) is 30.5 Å². The zero-order valence-corrected chi connectivity index (χ0v) is 13.3. The molecule has 0 saturated carbocycles. The number of nitrogens with zero attached hydrogens (tertiary/aromatic N) is 3. The van der Waals surface area contributed by atoms with Gasteiger partial charge in [-0.1, -0.05) is 29.5 Å². The van der Waals surface area contributed by atoms with Crippen molar-refractivity contribution in [2.45, 2.75) is 19.0 Å². The van der Waals surface area contributed by atoms with Gasteiger partial charge in [0.15, 0.2) is 0 Å². The first-order valence-electron chi connectivity index (χ1n) is 7.73. The molecule has 3 rings (SSSR count). The number of benzene rings is 2. The van der Waals surface area contributed by atoms with Crippen LogP contribution in [0.3, 0.4) is 0 Å². The van der Waals surface area contributed by atoms with Gasteiger partial charge >= 0.3 is 0 Å². The average Bonchev–Trinajstić information content (AvgIpc) is 3.07. The van der Waals surface area contributed by atoms with E-state index < -0.39 is 11.9 Å². The molecule has 1 heterocycles. The average molecular weight is 342 g/mol. The summed E-state index contributed by atoms with van der Waals surface area (Å²) in [4.78, 5) is 12.3. The second kappa shape index (κ2) is 7.65. The van der Waals surface area contributed by atoms with E-state index >= 15 is 0 Å². The van der Waals surface area contributed by atoms with Gasteiger partial charge in [-0.3, -0.25) is 4.79 Å². The summed E-state index contributed by atoms with van der Waals surface area (Å²) in [5.41, 5.74) is 1.31. The third-order valence-electron chi connectivity index (χ3n) is 3.69. The number of halogens is 2. The van der Waals surface area contributed by atoms with Gasteiger partial charge in [-0.15, -0.1) is 5.10 Å². The van der Waals surface area contributed by atoms with Crippen LogP contribution in [0.4, 0.5) is 8.78 Å². The highest BCUT2D eigenvalue weighted by molar-refractivity contribution is 5.76. The zero-order valence-electron chi connectivity index (χ0n) is 13.3. The standard InChI is InChI=1S/C18H16F2N4O/c19-15-5-1-3-13(9-15)10-17(14-4-2-6-16(20)11-14)22-18(25)12-24-8-7-21-23-24/h1-9,11,17H,10,12H2,(H,22,25)/t17-/m1/s1. The number of amides is 1. The number of carbonyl (C=O) groups excluding carboxylic acids is 1. The van der Waals surface area contributed by atoms with E-state index in [1.165, 1.54) is 35.1 Å². The first-order chi connectivity index (χ1) is 12.1. The fourth-order valence-corrected chi connectivity index (χ4v) is 2.58. The van der Waals surface area contributed by atoms with Crippen LogP contribution in [0.2, 0.25) is 0 Å². The Kier molecular flexibility index (Phi) is 5.13. The Balaban J connectivity index is 1.79. The second-order valence-corrected chi connectivity index (χ2v) is 5.61. The zero-order chi connectivity index (χ0) is 17.6. The molecule has 1 amide bonds. The van der Waals surface area contributed by atoms with E-state index in [0.29, 0.717) is 17.5 Å². The van der Waals surface area contributed by atoms with Crippen molar-refractivity contribution in [3.05, 3.63) is 83.7 Å². The first-order valence-corrected chi connectivity index (χ1v) is 7.73. The van der Waals surface area contributed by atoms with E-state index in [1.807, 2.05) is 0 Å². The molecule has 1 aromatic heterocycles. The maximum atomic E-state index is 13.6. The smallest absolute Gasteiger partial charge is 0.242 e. The van der Waals surface area contributed by atoms with Crippen LogP contribution in [0.15, 0.2) is 60.9 Å². The predicted octanol–water partition coefficient (Wildman–Crippen LogP) is 2.66. The molecule has 1 atom stereocenters. The maximum absolute atomic E-state index is 13.6. The van der Waals surface area contributed by atoms with Crippen LogP contribution in [0.1, 0.15) is 17.2 Å². The summed E-state index contributed by atoms with van der Waals surface area (Å²) in [7, 11) is 0. The van der Waals surface area contributed by atoms with Crippen molar-refractivity contribution in [1.29, 1.82) is 0 Å². The molecule has 0 saturated heterocycles. The first kappa shape index (κ1) is 16.8. The van der Waals surface area contributed by atoms with Gasteiger partial charge in [-0.2, -0.15) is 0 Å². The topological polar surface area (TPSA) is 59.8 Å². The monoisotopic (exact) mass is 342 g/mol. The molecule has 0 spiro atoms. The Labute approximate surface area is 143 Å². The molecule has 1 N–H and O–H groups in total. The highest BCUT2D eigenvalue weighted by Crippen LogP contribution is 2.20. The number of aromatic nitrogens is 3. The van der Waals surface area contributed by atoms with E-state index in [4.69, 9.17) is 0 Å². The third kappa shape index (κ3) is 4.69. The van der Waals surface area contributed by atoms with Gasteiger partial charge in [0.25, 0.3) is 0 Å². The minimum atomic E-state index is -0.492. The number of hydrogen-bond acceptors (Lipinski definition) is 3. The Morgan fingerprint density at radius 3 is 2.56 bits per heavy atom. The summed E-state index contributed by atoms with van der Waals surface area (Å²) >= 11 is 0. The SMILES string of the molecule is O=C(Cn1ccnn1)N[C@H](Cc1cccc(F)c1)c1cccc(F)c1. The summed E-state index contributed by atoms with van der Waals surface area (Å²) in [6.07, 6.45) is 3.39. The molecule has 0 aliphatic heterocycles. The molecule has 25 heavy (non-hydrogen) atoms. The number of rotatable bonds is 6. The normalized spacial score (nSPS) is 11.9. The largest absolute Gasteiger partial charge is 0.347 e. The summed E-state index contributed by atoms with van der Waals surface area (Å²) in [6, 6.07) is 11.6. The lowest BCUT2D eigenvalue weighted by atomic mass is 9.98. The molecule has 7 heteroatoms. The van der Waals surface area contributed by atoms with E-state index in [-0.39, 0.29) is 18.3 Å². The maximum Gasteiger partial charge on any atom is 0.242 e. The van der Waals surface area contributed by atoms with Crippen molar-refractivity contribution < 1.29 is 13.6 Å². The van der Waals surface area contributed by atoms with Gasteiger partial charge in [0.05, 0.1) is 12.2 Å². The Morgan fingerprint density at radius 1 is 1.12 bits per heavy atom. The number of nitrogens with one attached hydrogen (secondary N) is 1. The molecule has 5 nitrogen and oxygen atoms in total. The lowest BCUT2D eigenvalue weighted by Crippen LogP contribution is -2.33. The van der Waals surface area contributed by atoms with E-state index in [9.17, 15) is 13.6 Å². The van der Waals surface area contributed by atoms with Crippen molar-refractivity contribution >= 4 is 5.91 Å². The quantitative estimate of drug-likeness (QED) is 0.749. The number of carbonyl (C=O) groups is 1. The van der Waals surface area contributed by atoms with Crippen LogP contribution >= 0.6 is 0 Å². The van der Waals surface area contributed by atoms with Crippen LogP contribution < -0.4 is 5.32 Å². The van der Waals surface area contributed by atoms with Crippen LogP contribution in [0.5, 0.6) is 0 Å². The van der Waals surface area contributed by atoms with Gasteiger partial charge in [-0.25, -0.2) is 13.5 Å². The molecule has 0 unspecified atom stereocenters. The molecular formula is C18H16F2N4O. The van der Waals surface area contributed by atoms with Gasteiger partial charge < -0.3 is 5.32 Å². The summed E-state index contributed by atoms with van der Waals surface area (Å²) in [5, 5.41) is 10.2. The summed E-state index contributed by atoms with van der Waals surface area (Å²) in [6.45, 7) is -0.00499. The number of hydrogen-bond donors (Lipinski definition) is 1. The van der Waals surface area contributed by atoms with Crippen molar-refractivity contribution in [3.8, 4) is 0 Å². The van der Waals surface area contributed by atoms with Gasteiger partial charge in [-0.05, 0) is 41.8 Å². The van der Waals surface area contributed by atoms with Crippen molar-refractivity contribution in [2.24, 2.45) is 0 Å². The molecule has 0 aliphatic rings. The predicted molar refractivity (Wildman–Crippen MR) is 87.4 cm³/mol. The third-order valence-corrected chi connectivity index (χ3v) is 3.69. The molecule has 0 fully saturated rings. The Morgan fingerprint density at radius 2 is 1.88 bits per heavy atom. The van der Waals surface area contributed by atoms with Crippen molar-refractivity contribution in [3.63, 3.8) is 0 Å². The van der Waals surface area contributed by atoms with E-state index in [0.717, 1.165) is 0 Å². The highest BCUT2D eigenvalue weighted by atomic mass is 19.1. The fourth-order valence-electron chi connectivity index (χ4n) is 2.58. The summed E-state index contributed by atoms with van der Waals surface area (Å²) < 4.78 is 28.4. The highest BCUT2D eigenvalue weighted by Gasteiger charge is 2.17. The fraction of sp³-hybridized carbons (Fsp3) is 0.167. The van der Waals surface area contributed by atoms with Crippen LogP contribution in [0.25, 0.3) is 0 Å². The Bertz CT molecular complexity index is 852. The minimum Gasteiger partial charge on any atom is -0.347 e. The molecule has 2 aromatic carbocycles. The van der Waals surface area contributed by atoms with Crippen LogP contribution in [-0.2, 0) is 17.8 Å². The summed E-state index contributed by atoms with van der Waals surface area (Å²) in [5.74, 6) is -1.05. The van der Waals surface area contributed by atoms with Crippen molar-refractivity contribution in [2.75, 3.05) is 0 Å². The molecule has 128 valence electrons. The Hall–Kier alpha value is -3.09.